The maximum absolute atomic E-state index is 11.8. The van der Waals surface area contributed by atoms with Crippen molar-refractivity contribution in [1.29, 1.82) is 5.26 Å². The minimum Gasteiger partial charge on any atom is -0.465 e. The van der Waals surface area contributed by atoms with Crippen molar-refractivity contribution in [3.63, 3.8) is 0 Å². The molecule has 0 saturated carbocycles. The van der Waals surface area contributed by atoms with Crippen LogP contribution in [0.4, 0.5) is 0 Å². The highest BCUT2D eigenvalue weighted by atomic mass is 32.2. The van der Waals surface area contributed by atoms with Crippen molar-refractivity contribution in [1.82, 2.24) is 5.32 Å². The van der Waals surface area contributed by atoms with Crippen LogP contribution in [0.1, 0.15) is 27.7 Å². The topological polar surface area (TPSA) is 105 Å². The first-order chi connectivity index (χ1) is 9.26. The van der Waals surface area contributed by atoms with Crippen LogP contribution >= 0.6 is 11.8 Å². The molecule has 0 aromatic heterocycles. The molecule has 1 amide bonds. The Morgan fingerprint density at radius 2 is 2.10 bits per heavy atom. The summed E-state index contributed by atoms with van der Waals surface area (Å²) >= 11 is 1.24. The van der Waals surface area contributed by atoms with E-state index in [1.165, 1.54) is 11.8 Å². The number of ether oxygens (including phenoxy) is 1. The van der Waals surface area contributed by atoms with E-state index in [9.17, 15) is 9.59 Å². The predicted molar refractivity (Wildman–Crippen MR) is 78.9 cm³/mol. The fraction of sp³-hybridized carbons (Fsp3) is 0.769. The standard InChI is InChI=1S/C13H23N3O3S/c1-5-19-12(18)10(15)6-20-7-11(17)16-13(4,8-14)9(2)3/h9-10H,5-7,15H2,1-4H3,(H,16,17). The van der Waals surface area contributed by atoms with Crippen LogP contribution in [0.15, 0.2) is 0 Å². The molecule has 114 valence electrons. The van der Waals surface area contributed by atoms with Crippen LogP contribution in [-0.4, -0.2) is 41.6 Å². The normalized spacial score (nSPS) is 15.1. The van der Waals surface area contributed by atoms with Gasteiger partial charge in [-0.05, 0) is 19.8 Å². The Morgan fingerprint density at radius 1 is 1.50 bits per heavy atom. The van der Waals surface area contributed by atoms with Gasteiger partial charge in [0.25, 0.3) is 0 Å². The maximum Gasteiger partial charge on any atom is 0.323 e. The number of amides is 1. The molecule has 0 saturated heterocycles. The zero-order valence-corrected chi connectivity index (χ0v) is 13.3. The van der Waals surface area contributed by atoms with E-state index >= 15 is 0 Å². The van der Waals surface area contributed by atoms with Crippen LogP contribution in [0, 0.1) is 17.2 Å². The molecule has 0 aromatic carbocycles. The van der Waals surface area contributed by atoms with E-state index in [2.05, 4.69) is 11.4 Å². The molecule has 2 unspecified atom stereocenters. The molecule has 20 heavy (non-hydrogen) atoms. The summed E-state index contributed by atoms with van der Waals surface area (Å²) in [6.45, 7) is 7.41. The zero-order chi connectivity index (χ0) is 15.8. The lowest BCUT2D eigenvalue weighted by molar-refractivity contribution is -0.144. The summed E-state index contributed by atoms with van der Waals surface area (Å²) in [6, 6.07) is 1.37. The van der Waals surface area contributed by atoms with E-state index in [0.29, 0.717) is 5.75 Å². The second kappa shape index (κ2) is 8.82. The number of nitrogens with zero attached hydrogens (tertiary/aromatic N) is 1. The molecule has 0 bridgehead atoms. The van der Waals surface area contributed by atoms with Crippen molar-refractivity contribution >= 4 is 23.6 Å². The van der Waals surface area contributed by atoms with Gasteiger partial charge in [-0.2, -0.15) is 5.26 Å². The highest BCUT2D eigenvalue weighted by Gasteiger charge is 2.29. The number of hydrogen-bond donors (Lipinski definition) is 2. The SMILES string of the molecule is CCOC(=O)C(N)CSCC(=O)NC(C)(C#N)C(C)C. The van der Waals surface area contributed by atoms with Crippen LogP contribution in [-0.2, 0) is 14.3 Å². The highest BCUT2D eigenvalue weighted by molar-refractivity contribution is 8.00. The van der Waals surface area contributed by atoms with Crippen LogP contribution in [0.2, 0.25) is 0 Å². The van der Waals surface area contributed by atoms with Crippen LogP contribution < -0.4 is 11.1 Å². The molecule has 0 heterocycles. The quantitative estimate of drug-likeness (QED) is 0.638. The summed E-state index contributed by atoms with van der Waals surface area (Å²) in [7, 11) is 0. The average Bonchev–Trinajstić information content (AvgIpc) is 2.38. The van der Waals surface area contributed by atoms with E-state index in [4.69, 9.17) is 15.7 Å². The van der Waals surface area contributed by atoms with Gasteiger partial charge in [-0.25, -0.2) is 0 Å². The first-order valence-electron chi connectivity index (χ1n) is 6.49. The summed E-state index contributed by atoms with van der Waals surface area (Å²) in [4.78, 5) is 23.0. The Balaban J connectivity index is 4.13. The summed E-state index contributed by atoms with van der Waals surface area (Å²) < 4.78 is 4.77. The number of hydrogen-bond acceptors (Lipinski definition) is 6. The molecule has 7 heteroatoms. The van der Waals surface area contributed by atoms with Crippen molar-refractivity contribution < 1.29 is 14.3 Å². The molecule has 3 N–H and O–H groups in total. The lowest BCUT2D eigenvalue weighted by Crippen LogP contribution is -2.49. The summed E-state index contributed by atoms with van der Waals surface area (Å²) in [5.41, 5.74) is 4.72. The third kappa shape index (κ3) is 6.26. The van der Waals surface area contributed by atoms with Gasteiger partial charge < -0.3 is 15.8 Å². The molecular weight excluding hydrogens is 278 g/mol. The Hall–Kier alpha value is -1.26. The molecule has 0 fully saturated rings. The molecule has 0 spiro atoms. The van der Waals surface area contributed by atoms with Gasteiger partial charge in [0.1, 0.15) is 11.6 Å². The fourth-order valence-corrected chi connectivity index (χ4v) is 1.99. The van der Waals surface area contributed by atoms with Crippen molar-refractivity contribution in [3.05, 3.63) is 0 Å². The zero-order valence-electron chi connectivity index (χ0n) is 12.4. The molecule has 6 nitrogen and oxygen atoms in total. The van der Waals surface area contributed by atoms with E-state index in [0.717, 1.165) is 0 Å². The Labute approximate surface area is 124 Å². The number of carbonyl (C=O) groups is 2. The lowest BCUT2D eigenvalue weighted by Gasteiger charge is -2.27. The number of rotatable bonds is 8. The van der Waals surface area contributed by atoms with E-state index in [-0.39, 0.29) is 24.2 Å². The van der Waals surface area contributed by atoms with E-state index in [1.54, 1.807) is 13.8 Å². The minimum absolute atomic E-state index is 0.00300. The monoisotopic (exact) mass is 301 g/mol. The Morgan fingerprint density at radius 3 is 2.55 bits per heavy atom. The minimum atomic E-state index is -0.888. The largest absolute Gasteiger partial charge is 0.465 e. The summed E-state index contributed by atoms with van der Waals surface area (Å²) in [6.07, 6.45) is 0. The molecule has 0 rings (SSSR count). The molecule has 0 radical (unpaired) electrons. The summed E-state index contributed by atoms with van der Waals surface area (Å²) in [5.74, 6) is -0.259. The average molecular weight is 301 g/mol. The van der Waals surface area contributed by atoms with Crippen molar-refractivity contribution in [2.24, 2.45) is 11.7 Å². The number of thioether (sulfide) groups is 1. The number of nitrogens with two attached hydrogens (primary N) is 1. The van der Waals surface area contributed by atoms with Gasteiger partial charge in [0.05, 0.1) is 18.4 Å². The molecule has 0 aliphatic heterocycles. The first-order valence-corrected chi connectivity index (χ1v) is 7.64. The fourth-order valence-electron chi connectivity index (χ4n) is 1.22. The van der Waals surface area contributed by atoms with Crippen LogP contribution in [0.5, 0.6) is 0 Å². The van der Waals surface area contributed by atoms with Crippen molar-refractivity contribution in [2.75, 3.05) is 18.1 Å². The van der Waals surface area contributed by atoms with E-state index in [1.807, 2.05) is 13.8 Å². The van der Waals surface area contributed by atoms with Gasteiger partial charge in [0.15, 0.2) is 0 Å². The van der Waals surface area contributed by atoms with Crippen molar-refractivity contribution in [2.45, 2.75) is 39.3 Å². The van der Waals surface area contributed by atoms with Gasteiger partial charge in [-0.1, -0.05) is 13.8 Å². The van der Waals surface area contributed by atoms with Gasteiger partial charge in [0.2, 0.25) is 5.91 Å². The molecule has 0 aliphatic carbocycles. The number of nitrogens with one attached hydrogen (secondary N) is 1. The van der Waals surface area contributed by atoms with Crippen LogP contribution in [0.3, 0.4) is 0 Å². The molecular formula is C13H23N3O3S. The van der Waals surface area contributed by atoms with Gasteiger partial charge >= 0.3 is 5.97 Å². The molecule has 0 aliphatic rings. The van der Waals surface area contributed by atoms with Gasteiger partial charge in [-0.15, -0.1) is 11.8 Å². The number of carbonyl (C=O) groups excluding carboxylic acids is 2. The van der Waals surface area contributed by atoms with Gasteiger partial charge in [0, 0.05) is 5.75 Å². The Bertz CT molecular complexity index is 382. The summed E-state index contributed by atoms with van der Waals surface area (Å²) in [5, 5.41) is 11.8. The lowest BCUT2D eigenvalue weighted by atomic mass is 9.90. The molecule has 2 atom stereocenters. The third-order valence-electron chi connectivity index (χ3n) is 2.91. The first kappa shape index (κ1) is 18.7. The number of esters is 1. The Kier molecular flexibility index (Phi) is 8.26. The van der Waals surface area contributed by atoms with Crippen LogP contribution in [0.25, 0.3) is 0 Å². The van der Waals surface area contributed by atoms with Gasteiger partial charge in [-0.3, -0.25) is 9.59 Å². The smallest absolute Gasteiger partial charge is 0.323 e. The molecule has 0 aromatic rings. The second-order valence-corrected chi connectivity index (χ2v) is 5.92. The second-order valence-electron chi connectivity index (χ2n) is 4.89. The highest BCUT2D eigenvalue weighted by Crippen LogP contribution is 2.15. The van der Waals surface area contributed by atoms with E-state index < -0.39 is 17.6 Å². The number of nitriles is 1. The predicted octanol–water partition coefficient (Wildman–Crippen LogP) is 0.664. The third-order valence-corrected chi connectivity index (χ3v) is 3.97. The maximum atomic E-state index is 11.8. The van der Waals surface area contributed by atoms with Crippen molar-refractivity contribution in [3.8, 4) is 6.07 Å².